The van der Waals surface area contributed by atoms with Crippen LogP contribution in [0.4, 0.5) is 5.82 Å². The van der Waals surface area contributed by atoms with E-state index in [2.05, 4.69) is 75.9 Å². The number of imidazole rings is 1. The highest BCUT2D eigenvalue weighted by Crippen LogP contribution is 2.32. The summed E-state index contributed by atoms with van der Waals surface area (Å²) < 4.78 is 13.7. The van der Waals surface area contributed by atoms with Gasteiger partial charge < -0.3 is 20.1 Å². The zero-order chi connectivity index (χ0) is 27.9. The molecule has 0 spiro atoms. The molecule has 1 aliphatic carbocycles. The van der Waals surface area contributed by atoms with Gasteiger partial charge in [-0.05, 0) is 36.8 Å². The highest BCUT2D eigenvalue weighted by Gasteiger charge is 2.29. The Labute approximate surface area is 242 Å². The van der Waals surface area contributed by atoms with Gasteiger partial charge in [0.25, 0.3) is 0 Å². The van der Waals surface area contributed by atoms with Gasteiger partial charge in [-0.25, -0.2) is 15.0 Å². The molecule has 1 saturated carbocycles. The summed E-state index contributed by atoms with van der Waals surface area (Å²) in [6, 6.07) is 21.9. The number of nitrogens with one attached hydrogen (secondary N) is 2. The van der Waals surface area contributed by atoms with Gasteiger partial charge in [0.05, 0.1) is 19.0 Å². The lowest BCUT2D eigenvalue weighted by Gasteiger charge is -2.22. The second-order valence-corrected chi connectivity index (χ2v) is 11.4. The molecule has 8 nitrogen and oxygen atoms in total. The van der Waals surface area contributed by atoms with Crippen LogP contribution < -0.4 is 10.6 Å². The van der Waals surface area contributed by atoms with E-state index < -0.39 is 0 Å². The monoisotopic (exact) mass is 554 g/mol. The lowest BCUT2D eigenvalue weighted by atomic mass is 9.91. The van der Waals surface area contributed by atoms with Crippen molar-refractivity contribution in [3.8, 4) is 0 Å². The fraction of sp³-hybridized carbons (Fsp3) is 0.485. The Morgan fingerprint density at radius 1 is 0.927 bits per heavy atom. The van der Waals surface area contributed by atoms with Gasteiger partial charge in [-0.15, -0.1) is 0 Å². The largest absolute Gasteiger partial charge is 0.382 e. The van der Waals surface area contributed by atoms with Crippen LogP contribution in [0.25, 0.3) is 11.2 Å². The molecule has 216 valence electrons. The van der Waals surface area contributed by atoms with Gasteiger partial charge in [0.2, 0.25) is 0 Å². The van der Waals surface area contributed by atoms with E-state index in [-0.39, 0.29) is 18.2 Å². The third-order valence-corrected chi connectivity index (χ3v) is 8.48. The SMILES string of the molecule is COCC1CCC(n2cnc3c(NCC(c4ccccc4)c4ccccc4)nc(CCNC4CCCCC4)nc32)O1. The maximum atomic E-state index is 6.31. The molecule has 4 aromatic rings. The molecule has 1 aliphatic heterocycles. The lowest BCUT2D eigenvalue weighted by Crippen LogP contribution is -2.32. The normalized spacial score (nSPS) is 19.8. The van der Waals surface area contributed by atoms with Crippen LogP contribution in [0.15, 0.2) is 67.0 Å². The van der Waals surface area contributed by atoms with Crippen LogP contribution in [0.1, 0.15) is 74.0 Å². The van der Waals surface area contributed by atoms with E-state index in [0.717, 1.165) is 48.6 Å². The van der Waals surface area contributed by atoms with Crippen molar-refractivity contribution in [3.63, 3.8) is 0 Å². The molecule has 0 amide bonds. The first-order valence-corrected chi connectivity index (χ1v) is 15.2. The van der Waals surface area contributed by atoms with E-state index >= 15 is 0 Å². The van der Waals surface area contributed by atoms with E-state index in [0.29, 0.717) is 19.2 Å². The molecule has 2 fully saturated rings. The summed E-state index contributed by atoms with van der Waals surface area (Å²) in [5, 5.41) is 7.44. The van der Waals surface area contributed by atoms with Crippen LogP contribution in [0.3, 0.4) is 0 Å². The van der Waals surface area contributed by atoms with Gasteiger partial charge in [-0.3, -0.25) is 4.57 Å². The van der Waals surface area contributed by atoms with Crippen molar-refractivity contribution in [1.82, 2.24) is 24.8 Å². The second-order valence-electron chi connectivity index (χ2n) is 11.4. The van der Waals surface area contributed by atoms with Crippen molar-refractivity contribution in [3.05, 3.63) is 83.9 Å². The van der Waals surface area contributed by atoms with E-state index in [4.69, 9.17) is 24.4 Å². The third-order valence-electron chi connectivity index (χ3n) is 8.48. The molecule has 6 rings (SSSR count). The summed E-state index contributed by atoms with van der Waals surface area (Å²) in [4.78, 5) is 14.9. The van der Waals surface area contributed by atoms with Crippen LogP contribution in [-0.2, 0) is 15.9 Å². The topological polar surface area (TPSA) is 86.1 Å². The fourth-order valence-corrected chi connectivity index (χ4v) is 6.30. The Hall–Kier alpha value is -3.33. The highest BCUT2D eigenvalue weighted by atomic mass is 16.5. The molecule has 2 atom stereocenters. The molecule has 8 heteroatoms. The van der Waals surface area contributed by atoms with Crippen molar-refractivity contribution in [1.29, 1.82) is 0 Å². The van der Waals surface area contributed by atoms with Crippen LogP contribution in [0.2, 0.25) is 0 Å². The molecule has 0 bridgehead atoms. The number of rotatable bonds is 12. The van der Waals surface area contributed by atoms with E-state index in [1.807, 2.05) is 6.33 Å². The molecule has 0 radical (unpaired) electrons. The van der Waals surface area contributed by atoms with Gasteiger partial charge in [-0.1, -0.05) is 79.9 Å². The lowest BCUT2D eigenvalue weighted by molar-refractivity contribution is -0.0300. The zero-order valence-corrected chi connectivity index (χ0v) is 24.0. The van der Waals surface area contributed by atoms with Gasteiger partial charge in [0.15, 0.2) is 17.0 Å². The van der Waals surface area contributed by atoms with Crippen molar-refractivity contribution in [2.75, 3.05) is 32.1 Å². The minimum absolute atomic E-state index is 0.0959. The number of hydrogen-bond acceptors (Lipinski definition) is 7. The van der Waals surface area contributed by atoms with Gasteiger partial charge >= 0.3 is 0 Å². The minimum atomic E-state index is -0.0995. The van der Waals surface area contributed by atoms with Gasteiger partial charge in [0, 0.05) is 38.6 Å². The summed E-state index contributed by atoms with van der Waals surface area (Å²) in [6.07, 6.45) is 11.0. The highest BCUT2D eigenvalue weighted by molar-refractivity contribution is 5.83. The first-order chi connectivity index (χ1) is 20.3. The molecular formula is C33H42N6O2. The number of nitrogens with zero attached hydrogens (tertiary/aromatic N) is 4. The number of anilines is 1. The quantitative estimate of drug-likeness (QED) is 0.227. The van der Waals surface area contributed by atoms with Crippen molar-refractivity contribution in [2.24, 2.45) is 0 Å². The predicted molar refractivity (Wildman–Crippen MR) is 162 cm³/mol. The van der Waals surface area contributed by atoms with Crippen LogP contribution in [0.5, 0.6) is 0 Å². The average molecular weight is 555 g/mol. The molecule has 2 aromatic heterocycles. The Morgan fingerprint density at radius 2 is 1.66 bits per heavy atom. The number of benzene rings is 2. The fourth-order valence-electron chi connectivity index (χ4n) is 6.30. The number of fused-ring (bicyclic) bond motifs is 1. The summed E-state index contributed by atoms with van der Waals surface area (Å²) in [6.45, 7) is 2.17. The smallest absolute Gasteiger partial charge is 0.167 e. The number of hydrogen-bond donors (Lipinski definition) is 2. The maximum Gasteiger partial charge on any atom is 0.167 e. The standard InChI is InChI=1S/C33H42N6O2/c1-40-22-27-17-18-30(41-27)39-23-36-31-32(37-29(38-33(31)39)19-20-34-26-15-9-4-10-16-26)35-21-28(24-11-5-2-6-12-24)25-13-7-3-8-14-25/h2-3,5-8,11-14,23,26-28,30,34H,4,9-10,15-22H2,1H3,(H,35,37,38). The predicted octanol–water partition coefficient (Wildman–Crippen LogP) is 5.86. The molecule has 2 aromatic carbocycles. The Balaban J connectivity index is 1.27. The Morgan fingerprint density at radius 3 is 2.37 bits per heavy atom. The number of methoxy groups -OCH3 is 1. The van der Waals surface area contributed by atoms with Crippen LogP contribution in [-0.4, -0.2) is 58.5 Å². The zero-order valence-electron chi connectivity index (χ0n) is 24.0. The summed E-state index contributed by atoms with van der Waals surface area (Å²) in [7, 11) is 1.72. The second kappa shape index (κ2) is 13.6. The first-order valence-electron chi connectivity index (χ1n) is 15.2. The molecular weight excluding hydrogens is 512 g/mol. The number of aromatic nitrogens is 4. The maximum absolute atomic E-state index is 6.31. The van der Waals surface area contributed by atoms with Crippen molar-refractivity contribution < 1.29 is 9.47 Å². The number of ether oxygens (including phenoxy) is 2. The Bertz CT molecular complexity index is 1330. The molecule has 2 N–H and O–H groups in total. The van der Waals surface area contributed by atoms with Crippen molar-refractivity contribution >= 4 is 17.0 Å². The summed E-state index contributed by atoms with van der Waals surface area (Å²) >= 11 is 0. The average Bonchev–Trinajstić information content (AvgIpc) is 3.66. The van der Waals surface area contributed by atoms with E-state index in [9.17, 15) is 0 Å². The van der Waals surface area contributed by atoms with Crippen LogP contribution in [0, 0.1) is 0 Å². The van der Waals surface area contributed by atoms with E-state index in [1.54, 1.807) is 7.11 Å². The van der Waals surface area contributed by atoms with Crippen molar-refractivity contribution in [2.45, 2.75) is 75.7 Å². The molecule has 41 heavy (non-hydrogen) atoms. The van der Waals surface area contributed by atoms with Crippen LogP contribution >= 0.6 is 0 Å². The van der Waals surface area contributed by atoms with E-state index in [1.165, 1.54) is 43.2 Å². The van der Waals surface area contributed by atoms with Gasteiger partial charge in [0.1, 0.15) is 12.1 Å². The Kier molecular flexibility index (Phi) is 9.20. The molecule has 2 unspecified atom stereocenters. The first kappa shape index (κ1) is 27.8. The summed E-state index contributed by atoms with van der Waals surface area (Å²) in [5.74, 6) is 1.78. The molecule has 2 aliphatic rings. The molecule has 3 heterocycles. The third kappa shape index (κ3) is 6.77. The summed E-state index contributed by atoms with van der Waals surface area (Å²) in [5.41, 5.74) is 4.15. The van der Waals surface area contributed by atoms with Gasteiger partial charge in [-0.2, -0.15) is 0 Å². The molecule has 1 saturated heterocycles. The minimum Gasteiger partial charge on any atom is -0.382 e.